The lowest BCUT2D eigenvalue weighted by Gasteiger charge is -2.13. The SMILES string of the molecule is CN(C)CCOc1cccc(CNC(=O)C2CCC(N)C2)c1. The van der Waals surface area contributed by atoms with Crippen LogP contribution in [-0.4, -0.2) is 44.1 Å². The van der Waals surface area contributed by atoms with E-state index >= 15 is 0 Å². The minimum atomic E-state index is 0.0783. The molecule has 0 saturated heterocycles. The molecule has 22 heavy (non-hydrogen) atoms. The van der Waals surface area contributed by atoms with Crippen LogP contribution in [0.5, 0.6) is 5.75 Å². The van der Waals surface area contributed by atoms with Crippen LogP contribution in [0, 0.1) is 5.92 Å². The standard InChI is InChI=1S/C17H27N3O2/c1-20(2)8-9-22-16-5-3-4-13(10-16)12-19-17(21)14-6-7-15(18)11-14/h3-5,10,14-15H,6-9,11-12,18H2,1-2H3,(H,19,21). The van der Waals surface area contributed by atoms with E-state index in [1.165, 1.54) is 0 Å². The number of likely N-dealkylation sites (N-methyl/N-ethyl adjacent to an activating group) is 1. The maximum atomic E-state index is 12.1. The summed E-state index contributed by atoms with van der Waals surface area (Å²) in [4.78, 5) is 14.2. The van der Waals surface area contributed by atoms with Crippen molar-refractivity contribution < 1.29 is 9.53 Å². The van der Waals surface area contributed by atoms with E-state index in [1.54, 1.807) is 0 Å². The Bertz CT molecular complexity index is 491. The molecule has 122 valence electrons. The Morgan fingerprint density at radius 2 is 2.23 bits per heavy atom. The molecule has 2 atom stereocenters. The fraction of sp³-hybridized carbons (Fsp3) is 0.588. The molecule has 1 aliphatic carbocycles. The van der Waals surface area contributed by atoms with Gasteiger partial charge in [0.1, 0.15) is 12.4 Å². The Balaban J connectivity index is 1.78. The van der Waals surface area contributed by atoms with Crippen molar-refractivity contribution in [2.75, 3.05) is 27.2 Å². The van der Waals surface area contributed by atoms with Crippen LogP contribution in [0.1, 0.15) is 24.8 Å². The number of carbonyl (C=O) groups excluding carboxylic acids is 1. The van der Waals surface area contributed by atoms with Crippen molar-refractivity contribution in [3.63, 3.8) is 0 Å². The molecule has 0 aliphatic heterocycles. The van der Waals surface area contributed by atoms with Crippen LogP contribution < -0.4 is 15.8 Å². The van der Waals surface area contributed by atoms with Crippen LogP contribution >= 0.6 is 0 Å². The minimum Gasteiger partial charge on any atom is -0.492 e. The van der Waals surface area contributed by atoms with E-state index in [9.17, 15) is 4.79 Å². The number of carbonyl (C=O) groups is 1. The van der Waals surface area contributed by atoms with E-state index in [4.69, 9.17) is 10.5 Å². The largest absolute Gasteiger partial charge is 0.492 e. The molecule has 3 N–H and O–H groups in total. The molecule has 2 unspecified atom stereocenters. The number of rotatable bonds is 7. The molecule has 1 aromatic carbocycles. The number of ether oxygens (including phenoxy) is 1. The highest BCUT2D eigenvalue weighted by Crippen LogP contribution is 2.24. The average molecular weight is 305 g/mol. The lowest BCUT2D eigenvalue weighted by Crippen LogP contribution is -2.30. The Morgan fingerprint density at radius 3 is 2.91 bits per heavy atom. The molecule has 0 heterocycles. The van der Waals surface area contributed by atoms with Gasteiger partial charge in [-0.1, -0.05) is 12.1 Å². The zero-order valence-corrected chi connectivity index (χ0v) is 13.5. The zero-order valence-electron chi connectivity index (χ0n) is 13.5. The van der Waals surface area contributed by atoms with Crippen LogP contribution in [0.15, 0.2) is 24.3 Å². The zero-order chi connectivity index (χ0) is 15.9. The number of nitrogens with two attached hydrogens (primary N) is 1. The van der Waals surface area contributed by atoms with Crippen LogP contribution in [0.25, 0.3) is 0 Å². The minimum absolute atomic E-state index is 0.0783. The fourth-order valence-corrected chi connectivity index (χ4v) is 2.68. The van der Waals surface area contributed by atoms with Crippen LogP contribution in [0.4, 0.5) is 0 Å². The van der Waals surface area contributed by atoms with E-state index in [1.807, 2.05) is 38.4 Å². The van der Waals surface area contributed by atoms with Crippen LogP contribution in [0.2, 0.25) is 0 Å². The summed E-state index contributed by atoms with van der Waals surface area (Å²) in [6.45, 7) is 2.07. The van der Waals surface area contributed by atoms with Gasteiger partial charge in [-0.25, -0.2) is 0 Å². The molecule has 0 aromatic heterocycles. The molecule has 0 radical (unpaired) electrons. The van der Waals surface area contributed by atoms with Gasteiger partial charge in [-0.15, -0.1) is 0 Å². The summed E-state index contributed by atoms with van der Waals surface area (Å²) in [7, 11) is 4.04. The third-order valence-corrected chi connectivity index (χ3v) is 4.02. The quantitative estimate of drug-likeness (QED) is 0.798. The Kier molecular flexibility index (Phi) is 6.21. The first-order chi connectivity index (χ1) is 10.5. The molecular formula is C17H27N3O2. The second-order valence-electron chi connectivity index (χ2n) is 6.29. The first-order valence-electron chi connectivity index (χ1n) is 7.94. The third kappa shape index (κ3) is 5.31. The fourth-order valence-electron chi connectivity index (χ4n) is 2.68. The van der Waals surface area contributed by atoms with Crippen molar-refractivity contribution >= 4 is 5.91 Å². The van der Waals surface area contributed by atoms with Gasteiger partial charge in [0.15, 0.2) is 0 Å². The van der Waals surface area contributed by atoms with Gasteiger partial charge in [0.05, 0.1) is 0 Å². The summed E-state index contributed by atoms with van der Waals surface area (Å²) < 4.78 is 5.71. The highest BCUT2D eigenvalue weighted by molar-refractivity contribution is 5.79. The van der Waals surface area contributed by atoms with Gasteiger partial charge in [0.25, 0.3) is 0 Å². The number of hydrogen-bond donors (Lipinski definition) is 2. The molecular weight excluding hydrogens is 278 g/mol. The lowest BCUT2D eigenvalue weighted by molar-refractivity contribution is -0.125. The van der Waals surface area contributed by atoms with E-state index in [0.29, 0.717) is 13.2 Å². The van der Waals surface area contributed by atoms with Crippen molar-refractivity contribution in [2.45, 2.75) is 31.8 Å². The van der Waals surface area contributed by atoms with E-state index in [-0.39, 0.29) is 17.9 Å². The third-order valence-electron chi connectivity index (χ3n) is 4.02. The number of nitrogens with one attached hydrogen (secondary N) is 1. The first-order valence-corrected chi connectivity index (χ1v) is 7.94. The van der Waals surface area contributed by atoms with Gasteiger partial charge in [0, 0.05) is 25.0 Å². The Morgan fingerprint density at radius 1 is 1.41 bits per heavy atom. The summed E-state index contributed by atoms with van der Waals surface area (Å²) in [5.74, 6) is 1.04. The predicted octanol–water partition coefficient (Wildman–Crippen LogP) is 1.37. The number of benzene rings is 1. The van der Waals surface area contributed by atoms with Gasteiger partial charge < -0.3 is 20.7 Å². The monoisotopic (exact) mass is 305 g/mol. The molecule has 0 spiro atoms. The second kappa shape index (κ2) is 8.15. The summed E-state index contributed by atoms with van der Waals surface area (Å²) >= 11 is 0. The lowest BCUT2D eigenvalue weighted by atomic mass is 10.1. The highest BCUT2D eigenvalue weighted by Gasteiger charge is 2.27. The van der Waals surface area contributed by atoms with Crippen molar-refractivity contribution in [1.82, 2.24) is 10.2 Å². The summed E-state index contributed by atoms with van der Waals surface area (Å²) in [6.07, 6.45) is 2.66. The Labute approximate surface area is 132 Å². The van der Waals surface area contributed by atoms with E-state index < -0.39 is 0 Å². The maximum absolute atomic E-state index is 12.1. The van der Waals surface area contributed by atoms with E-state index in [2.05, 4.69) is 10.2 Å². The van der Waals surface area contributed by atoms with Crippen LogP contribution in [-0.2, 0) is 11.3 Å². The van der Waals surface area contributed by atoms with Gasteiger partial charge in [0.2, 0.25) is 5.91 Å². The van der Waals surface area contributed by atoms with Gasteiger partial charge in [-0.05, 0) is 51.1 Å². The molecule has 1 aliphatic rings. The van der Waals surface area contributed by atoms with Crippen LogP contribution in [0.3, 0.4) is 0 Å². The van der Waals surface area contributed by atoms with Crippen molar-refractivity contribution in [2.24, 2.45) is 11.7 Å². The number of hydrogen-bond acceptors (Lipinski definition) is 4. The van der Waals surface area contributed by atoms with Crippen molar-refractivity contribution in [1.29, 1.82) is 0 Å². The smallest absolute Gasteiger partial charge is 0.223 e. The van der Waals surface area contributed by atoms with E-state index in [0.717, 1.165) is 37.1 Å². The number of amides is 1. The van der Waals surface area contributed by atoms with Crippen molar-refractivity contribution in [3.05, 3.63) is 29.8 Å². The predicted molar refractivity (Wildman–Crippen MR) is 87.7 cm³/mol. The molecule has 2 rings (SSSR count). The number of nitrogens with zero attached hydrogens (tertiary/aromatic N) is 1. The first kappa shape index (κ1) is 16.8. The summed E-state index contributed by atoms with van der Waals surface area (Å²) in [5.41, 5.74) is 6.91. The molecule has 5 nitrogen and oxygen atoms in total. The summed E-state index contributed by atoms with van der Waals surface area (Å²) in [5, 5.41) is 3.00. The highest BCUT2D eigenvalue weighted by atomic mass is 16.5. The maximum Gasteiger partial charge on any atom is 0.223 e. The second-order valence-corrected chi connectivity index (χ2v) is 6.29. The molecule has 1 saturated carbocycles. The van der Waals surface area contributed by atoms with Gasteiger partial charge in [-0.3, -0.25) is 4.79 Å². The average Bonchev–Trinajstić information content (AvgIpc) is 2.91. The molecule has 1 amide bonds. The molecule has 1 aromatic rings. The van der Waals surface area contributed by atoms with Crippen molar-refractivity contribution in [3.8, 4) is 5.75 Å². The molecule has 0 bridgehead atoms. The molecule has 5 heteroatoms. The Hall–Kier alpha value is -1.59. The molecule has 1 fully saturated rings. The van der Waals surface area contributed by atoms with Gasteiger partial charge in [-0.2, -0.15) is 0 Å². The topological polar surface area (TPSA) is 67.6 Å². The summed E-state index contributed by atoms with van der Waals surface area (Å²) in [6, 6.07) is 8.06. The van der Waals surface area contributed by atoms with Gasteiger partial charge >= 0.3 is 0 Å². The normalized spacial score (nSPS) is 21.1.